The van der Waals surface area contributed by atoms with Gasteiger partial charge in [0.05, 0.1) is 30.1 Å². The zero-order valence-corrected chi connectivity index (χ0v) is 21.3. The summed E-state index contributed by atoms with van der Waals surface area (Å²) in [6.07, 6.45) is -5.84. The van der Waals surface area contributed by atoms with Crippen LogP contribution in [0.2, 0.25) is 0 Å². The van der Waals surface area contributed by atoms with Crippen LogP contribution < -0.4 is 20.5 Å². The number of nitrogens with one attached hydrogen (secondary N) is 1. The van der Waals surface area contributed by atoms with Crippen molar-refractivity contribution in [2.75, 3.05) is 7.11 Å². The van der Waals surface area contributed by atoms with E-state index in [0.29, 0.717) is 27.8 Å². The molecule has 11 nitrogen and oxygen atoms in total. The summed E-state index contributed by atoms with van der Waals surface area (Å²) in [4.78, 5) is 37.9. The fourth-order valence-electron chi connectivity index (χ4n) is 4.79. The molecule has 6 rings (SSSR count). The number of hydrogen-bond donors (Lipinski definition) is 1. The lowest BCUT2D eigenvalue weighted by molar-refractivity contribution is -0.274. The van der Waals surface area contributed by atoms with Gasteiger partial charge in [0.25, 0.3) is 5.91 Å². The lowest BCUT2D eigenvalue weighted by atomic mass is 9.94. The highest BCUT2D eigenvalue weighted by Gasteiger charge is 2.46. The number of amides is 2. The van der Waals surface area contributed by atoms with Gasteiger partial charge < -0.3 is 18.7 Å². The minimum Gasteiger partial charge on any atom is -0.497 e. The third kappa shape index (κ3) is 4.42. The number of aromatic nitrogens is 3. The number of nitrogens with zero attached hydrogens (tertiary/aromatic N) is 3. The van der Waals surface area contributed by atoms with Crippen LogP contribution in [0.25, 0.3) is 27.8 Å². The number of alkyl halides is 3. The summed E-state index contributed by atoms with van der Waals surface area (Å²) in [6, 6.07) is 14.8. The van der Waals surface area contributed by atoms with Crippen LogP contribution in [0, 0.1) is 0 Å². The monoisotopic (exact) mass is 568 g/mol. The van der Waals surface area contributed by atoms with Crippen molar-refractivity contribution < 1.29 is 41.5 Å². The maximum atomic E-state index is 13.9. The van der Waals surface area contributed by atoms with Gasteiger partial charge in [0.1, 0.15) is 11.5 Å². The van der Waals surface area contributed by atoms with Crippen molar-refractivity contribution in [1.29, 1.82) is 0 Å². The van der Waals surface area contributed by atoms with Crippen molar-refractivity contribution in [3.63, 3.8) is 0 Å². The summed E-state index contributed by atoms with van der Waals surface area (Å²) in [5, 5.41) is 6.61. The molecule has 5 aromatic rings. The number of cyclic esters (lactones) is 1. The maximum absolute atomic E-state index is 13.9. The number of alkyl carbamates (subject to hydrolysis) is 1. The number of methoxy groups -OCH3 is 1. The molecule has 2 aromatic heterocycles. The molecule has 0 saturated carbocycles. The first-order chi connectivity index (χ1) is 19.5. The number of imidazole rings is 1. The molecular weight excluding hydrogens is 549 g/mol. The average molecular weight is 568 g/mol. The second-order valence-corrected chi connectivity index (χ2v) is 9.35. The molecule has 0 radical (unpaired) electrons. The smallest absolute Gasteiger partial charge is 0.497 e. The van der Waals surface area contributed by atoms with Crippen LogP contribution in [0.4, 0.5) is 18.0 Å². The van der Waals surface area contributed by atoms with Gasteiger partial charge in [-0.3, -0.25) is 14.7 Å². The van der Waals surface area contributed by atoms with E-state index in [-0.39, 0.29) is 23.4 Å². The first kappa shape index (κ1) is 26.0. The number of carbonyl (C=O) groups excluding carboxylic acids is 2. The molecule has 0 spiro atoms. The van der Waals surface area contributed by atoms with Gasteiger partial charge in [-0.25, -0.2) is 14.2 Å². The number of hydrogen-bond acceptors (Lipinski definition) is 8. The van der Waals surface area contributed by atoms with Crippen LogP contribution in [0.5, 0.6) is 11.5 Å². The van der Waals surface area contributed by atoms with Crippen molar-refractivity contribution in [2.24, 2.45) is 0 Å². The molecule has 41 heavy (non-hydrogen) atoms. The molecule has 210 valence electrons. The molecule has 0 bridgehead atoms. The highest BCUT2D eigenvalue weighted by molar-refractivity contribution is 6.03. The Morgan fingerprint density at radius 3 is 2.49 bits per heavy atom. The molecule has 1 saturated heterocycles. The molecule has 1 atom stereocenters. The molecule has 0 aliphatic carbocycles. The van der Waals surface area contributed by atoms with E-state index in [9.17, 15) is 27.6 Å². The van der Waals surface area contributed by atoms with E-state index in [1.165, 1.54) is 29.2 Å². The second-order valence-electron chi connectivity index (χ2n) is 9.35. The molecule has 1 unspecified atom stereocenters. The first-order valence-corrected chi connectivity index (χ1v) is 12.1. The minimum absolute atomic E-state index is 0.114. The van der Waals surface area contributed by atoms with Gasteiger partial charge in [0, 0.05) is 17.7 Å². The normalized spacial score (nSPS) is 17.2. The van der Waals surface area contributed by atoms with Crippen LogP contribution in [-0.2, 0) is 21.7 Å². The van der Waals surface area contributed by atoms with Crippen molar-refractivity contribution in [3.8, 4) is 17.3 Å². The van der Waals surface area contributed by atoms with Crippen molar-refractivity contribution in [2.45, 2.75) is 25.4 Å². The van der Waals surface area contributed by atoms with Crippen LogP contribution in [-0.4, -0.2) is 39.8 Å². The van der Waals surface area contributed by atoms with E-state index in [4.69, 9.17) is 14.0 Å². The van der Waals surface area contributed by atoms with Gasteiger partial charge in [0.2, 0.25) is 5.60 Å². The highest BCUT2D eigenvalue weighted by Crippen LogP contribution is 2.33. The number of carbonyl (C=O) groups is 2. The topological polar surface area (TPSA) is 127 Å². The molecule has 1 N–H and O–H groups in total. The summed E-state index contributed by atoms with van der Waals surface area (Å²) in [5.41, 5.74) is -0.706. The van der Waals surface area contributed by atoms with Gasteiger partial charge in [-0.2, -0.15) is 0 Å². The SMILES string of the molecule is COc1ccc2c(-n3c(=O)n(Cc4cccc(C5(C)OC(=O)NC5=O)c4)c4cc(OC(F)(F)F)ccc43)noc2c1. The fraction of sp³-hybridized carbons (Fsp3) is 0.185. The Morgan fingerprint density at radius 2 is 1.78 bits per heavy atom. The minimum atomic E-state index is -4.95. The first-order valence-electron chi connectivity index (χ1n) is 12.1. The van der Waals surface area contributed by atoms with Gasteiger partial charge in [0.15, 0.2) is 11.4 Å². The maximum Gasteiger partial charge on any atom is 0.573 e. The van der Waals surface area contributed by atoms with E-state index >= 15 is 0 Å². The van der Waals surface area contributed by atoms with E-state index in [0.717, 1.165) is 12.1 Å². The second kappa shape index (κ2) is 9.15. The largest absolute Gasteiger partial charge is 0.573 e. The van der Waals surface area contributed by atoms with E-state index < -0.39 is 35.4 Å². The Labute approximate surface area is 227 Å². The van der Waals surface area contributed by atoms with Crippen molar-refractivity contribution in [1.82, 2.24) is 19.6 Å². The molecular formula is C27H19F3N4O7. The summed E-state index contributed by atoms with van der Waals surface area (Å²) in [5.74, 6) is -0.561. The van der Waals surface area contributed by atoms with Crippen LogP contribution in [0.3, 0.4) is 0 Å². The molecule has 3 heterocycles. The van der Waals surface area contributed by atoms with E-state index in [2.05, 4.69) is 15.2 Å². The highest BCUT2D eigenvalue weighted by atomic mass is 19.4. The Kier molecular flexibility index (Phi) is 5.79. The fourth-order valence-corrected chi connectivity index (χ4v) is 4.79. The summed E-state index contributed by atoms with van der Waals surface area (Å²) < 4.78 is 61.5. The summed E-state index contributed by atoms with van der Waals surface area (Å²) in [6.45, 7) is 1.30. The third-order valence-electron chi connectivity index (χ3n) is 6.77. The number of ether oxygens (including phenoxy) is 3. The number of halogens is 3. The molecule has 1 aliphatic rings. The van der Waals surface area contributed by atoms with Crippen molar-refractivity contribution in [3.05, 3.63) is 82.3 Å². The van der Waals surface area contributed by atoms with Gasteiger partial charge >= 0.3 is 18.1 Å². The third-order valence-corrected chi connectivity index (χ3v) is 6.77. The zero-order chi connectivity index (χ0) is 29.1. The van der Waals surface area contributed by atoms with Gasteiger partial charge in [-0.05, 0) is 42.8 Å². The molecule has 1 aliphatic heterocycles. The van der Waals surface area contributed by atoms with Crippen LogP contribution >= 0.6 is 0 Å². The van der Waals surface area contributed by atoms with Crippen molar-refractivity contribution >= 4 is 34.0 Å². The molecule has 2 amide bonds. The summed E-state index contributed by atoms with van der Waals surface area (Å²) in [7, 11) is 1.48. The van der Waals surface area contributed by atoms with E-state index in [1.54, 1.807) is 42.5 Å². The molecule has 1 fully saturated rings. The number of benzene rings is 3. The Hall–Kier alpha value is -5.27. The number of rotatable bonds is 6. The zero-order valence-electron chi connectivity index (χ0n) is 21.3. The van der Waals surface area contributed by atoms with Gasteiger partial charge in [-0.15, -0.1) is 13.2 Å². The van der Waals surface area contributed by atoms with Crippen LogP contribution in [0.15, 0.2) is 70.0 Å². The predicted octanol–water partition coefficient (Wildman–Crippen LogP) is 4.37. The predicted molar refractivity (Wildman–Crippen MR) is 136 cm³/mol. The van der Waals surface area contributed by atoms with E-state index in [1.807, 2.05) is 0 Å². The number of fused-ring (bicyclic) bond motifs is 2. The Bertz CT molecular complexity index is 1920. The average Bonchev–Trinajstić information content (AvgIpc) is 3.54. The lowest BCUT2D eigenvalue weighted by Crippen LogP contribution is -2.33. The Balaban J connectivity index is 1.51. The standard InChI is InChI=1S/C27H19F3N4O7/c1-26(23(35)31-24(36)40-26)15-5-3-4-14(10-15)13-33-20-11-17(39-27(28,29)30)7-9-19(20)34(25(33)37)22-18-8-6-16(38-2)12-21(18)41-32-22/h3-12H,13H2,1-2H3,(H,31,35,36). The van der Waals surface area contributed by atoms with Gasteiger partial charge in [-0.1, -0.05) is 23.4 Å². The van der Waals surface area contributed by atoms with Crippen LogP contribution in [0.1, 0.15) is 18.1 Å². The molecule has 14 heteroatoms. The summed E-state index contributed by atoms with van der Waals surface area (Å²) >= 11 is 0. The quantitative estimate of drug-likeness (QED) is 0.320. The number of imide groups is 1. The Morgan fingerprint density at radius 1 is 1.00 bits per heavy atom. The molecule has 3 aromatic carbocycles. The lowest BCUT2D eigenvalue weighted by Gasteiger charge is -2.20.